The second-order valence-electron chi connectivity index (χ2n) is 9.24. The van der Waals surface area contributed by atoms with Crippen LogP contribution in [0.25, 0.3) is 33.1 Å². The van der Waals surface area contributed by atoms with Gasteiger partial charge in [0.2, 0.25) is 5.92 Å². The number of pyridine rings is 3. The second-order valence-corrected chi connectivity index (χ2v) is 9.24. The largest absolute Gasteiger partial charge is 0.364 e. The van der Waals surface area contributed by atoms with Crippen molar-refractivity contribution in [1.82, 2.24) is 15.0 Å². The molecule has 4 aromatic rings. The molecule has 0 spiro atoms. The molecule has 0 bridgehead atoms. The van der Waals surface area contributed by atoms with Crippen molar-refractivity contribution in [2.45, 2.75) is 18.8 Å². The number of hydrogen-bond acceptors (Lipinski definition) is 5. The highest BCUT2D eigenvalue weighted by atomic mass is 19.3. The van der Waals surface area contributed by atoms with Gasteiger partial charge < -0.3 is 15.6 Å². The van der Waals surface area contributed by atoms with E-state index in [0.717, 1.165) is 10.9 Å². The maximum Gasteiger partial charge on any atom is 0.268 e. The van der Waals surface area contributed by atoms with Gasteiger partial charge in [0, 0.05) is 49.1 Å². The third-order valence-electron chi connectivity index (χ3n) is 6.97. The summed E-state index contributed by atoms with van der Waals surface area (Å²) in [6, 6.07) is 12.6. The molecule has 6 rings (SSSR count). The van der Waals surface area contributed by atoms with Crippen LogP contribution in [0, 0.1) is 11.8 Å². The zero-order valence-electron chi connectivity index (χ0n) is 18.1. The molecule has 1 saturated carbocycles. The molecule has 4 heterocycles. The molecule has 2 fully saturated rings. The van der Waals surface area contributed by atoms with E-state index in [-0.39, 0.29) is 41.2 Å². The lowest BCUT2D eigenvalue weighted by Gasteiger charge is -2.23. The van der Waals surface area contributed by atoms with Gasteiger partial charge in [-0.2, -0.15) is 0 Å². The number of benzene rings is 1. The highest BCUT2D eigenvalue weighted by Crippen LogP contribution is 2.48. The number of fused-ring (bicyclic) bond motifs is 3. The molecule has 2 aliphatic rings. The Morgan fingerprint density at radius 3 is 2.59 bits per heavy atom. The van der Waals surface area contributed by atoms with E-state index in [4.69, 9.17) is 10.7 Å². The number of carbonyl (C=O) groups excluding carboxylic acids is 1. The molecule has 3 N–H and O–H groups in total. The molecular formula is C25H21F2N5O2. The summed E-state index contributed by atoms with van der Waals surface area (Å²) in [4.78, 5) is 38.9. The summed E-state index contributed by atoms with van der Waals surface area (Å²) in [6.45, 7) is 0.984. The lowest BCUT2D eigenvalue weighted by Crippen LogP contribution is -2.26. The van der Waals surface area contributed by atoms with Crippen molar-refractivity contribution in [3.63, 3.8) is 0 Å². The minimum absolute atomic E-state index is 0.0871. The summed E-state index contributed by atoms with van der Waals surface area (Å²) in [5.74, 6) is -2.91. The van der Waals surface area contributed by atoms with E-state index in [9.17, 15) is 18.4 Å². The number of primary amides is 1. The molecule has 2 atom stereocenters. The van der Waals surface area contributed by atoms with Crippen LogP contribution < -0.4 is 16.1 Å². The van der Waals surface area contributed by atoms with E-state index in [1.165, 1.54) is 12.3 Å². The summed E-state index contributed by atoms with van der Waals surface area (Å²) in [7, 11) is 0. The highest BCUT2D eigenvalue weighted by Gasteiger charge is 2.50. The van der Waals surface area contributed by atoms with Crippen molar-refractivity contribution < 1.29 is 13.6 Å². The summed E-state index contributed by atoms with van der Waals surface area (Å²) in [5, 5.41) is 1.02. The first-order valence-electron chi connectivity index (χ1n) is 11.1. The number of amides is 1. The first kappa shape index (κ1) is 20.7. The third-order valence-corrected chi connectivity index (χ3v) is 6.97. The minimum atomic E-state index is -2.60. The Kier molecular flexibility index (Phi) is 4.45. The Bertz CT molecular complexity index is 1520. The molecule has 1 aliphatic carbocycles. The van der Waals surface area contributed by atoms with E-state index in [0.29, 0.717) is 35.7 Å². The van der Waals surface area contributed by atoms with Gasteiger partial charge in [-0.1, -0.05) is 18.2 Å². The maximum absolute atomic E-state index is 13.9. The van der Waals surface area contributed by atoms with Gasteiger partial charge >= 0.3 is 0 Å². The van der Waals surface area contributed by atoms with Gasteiger partial charge in [0.25, 0.3) is 5.91 Å². The third kappa shape index (κ3) is 3.30. The number of halogens is 2. The van der Waals surface area contributed by atoms with Crippen molar-refractivity contribution in [1.29, 1.82) is 0 Å². The molecule has 9 heteroatoms. The molecule has 7 nitrogen and oxygen atoms in total. The number of nitrogens with one attached hydrogen (secondary N) is 1. The van der Waals surface area contributed by atoms with E-state index >= 15 is 0 Å². The van der Waals surface area contributed by atoms with Crippen LogP contribution in [0.3, 0.4) is 0 Å². The fraction of sp³-hybridized carbons (Fsp3) is 0.280. The van der Waals surface area contributed by atoms with Crippen molar-refractivity contribution in [3.8, 4) is 11.3 Å². The van der Waals surface area contributed by atoms with Crippen LogP contribution in [-0.2, 0) is 0 Å². The topological polar surface area (TPSA) is 105 Å². The molecule has 1 saturated heterocycles. The van der Waals surface area contributed by atoms with E-state index in [2.05, 4.69) is 14.9 Å². The number of alkyl halides is 2. The summed E-state index contributed by atoms with van der Waals surface area (Å²) < 4.78 is 27.8. The Hall–Kier alpha value is -3.88. The zero-order chi connectivity index (χ0) is 23.6. The average Bonchev–Trinajstić information content (AvgIpc) is 3.31. The number of aromatic amines is 1. The fourth-order valence-electron chi connectivity index (χ4n) is 5.50. The normalized spacial score (nSPS) is 21.3. The molecule has 0 radical (unpaired) electrons. The van der Waals surface area contributed by atoms with Gasteiger partial charge in [0.1, 0.15) is 11.5 Å². The molecule has 1 aromatic carbocycles. The number of nitrogens with zero attached hydrogens (tertiary/aromatic N) is 3. The standard InChI is InChI=1S/C25H21F2N5O2/c26-25(27)9-14-11-32(12-15(14)10-25)24-16(7-13-3-1-2-4-17(13)31-24)19-8-20(33)21-18(30-19)5-6-29-22(21)23(28)34/h1-8,14-15H,9-12H2,(H2,28,34)(H,30,33)/t14-,15+. The van der Waals surface area contributed by atoms with Crippen molar-refractivity contribution in [2.75, 3.05) is 18.0 Å². The number of rotatable bonds is 3. The molecule has 0 unspecified atom stereocenters. The lowest BCUT2D eigenvalue weighted by molar-refractivity contribution is 0.00172. The van der Waals surface area contributed by atoms with Crippen LogP contribution >= 0.6 is 0 Å². The van der Waals surface area contributed by atoms with Crippen LogP contribution in [0.1, 0.15) is 23.3 Å². The fourth-order valence-corrected chi connectivity index (χ4v) is 5.50. The minimum Gasteiger partial charge on any atom is -0.364 e. The van der Waals surface area contributed by atoms with E-state index in [1.807, 2.05) is 30.3 Å². The van der Waals surface area contributed by atoms with Crippen molar-refractivity contribution in [2.24, 2.45) is 17.6 Å². The predicted molar refractivity (Wildman–Crippen MR) is 125 cm³/mol. The molecule has 1 aliphatic heterocycles. The first-order chi connectivity index (χ1) is 16.3. The maximum atomic E-state index is 13.9. The van der Waals surface area contributed by atoms with Gasteiger partial charge in [-0.25, -0.2) is 13.8 Å². The summed E-state index contributed by atoms with van der Waals surface area (Å²) >= 11 is 0. The number of nitrogens with two attached hydrogens (primary N) is 1. The van der Waals surface area contributed by atoms with Crippen molar-refractivity contribution in [3.05, 3.63) is 64.6 Å². The molecular weight excluding hydrogens is 440 g/mol. The van der Waals surface area contributed by atoms with Crippen molar-refractivity contribution >= 4 is 33.5 Å². The number of hydrogen-bond donors (Lipinski definition) is 2. The number of aromatic nitrogens is 3. The van der Waals surface area contributed by atoms with Crippen LogP contribution in [0.4, 0.5) is 14.6 Å². The Labute approximate surface area is 192 Å². The molecule has 34 heavy (non-hydrogen) atoms. The SMILES string of the molecule is NC(=O)c1nccc2[nH]c(-c3cc4ccccc4nc3N3C[C@@H]4CC(F)(F)C[C@@H]4C3)cc(=O)c12. The number of anilines is 1. The Morgan fingerprint density at radius 1 is 1.12 bits per heavy atom. The van der Waals surface area contributed by atoms with Gasteiger partial charge in [-0.05, 0) is 30.0 Å². The number of H-pyrrole nitrogens is 1. The second kappa shape index (κ2) is 7.31. The van der Waals surface area contributed by atoms with Gasteiger partial charge in [0.05, 0.1) is 22.1 Å². The molecule has 1 amide bonds. The van der Waals surface area contributed by atoms with Gasteiger partial charge in [-0.3, -0.25) is 14.6 Å². The van der Waals surface area contributed by atoms with Crippen LogP contribution in [0.5, 0.6) is 0 Å². The lowest BCUT2D eigenvalue weighted by atomic mass is 10.0. The predicted octanol–water partition coefficient (Wildman–Crippen LogP) is 3.72. The van der Waals surface area contributed by atoms with E-state index in [1.54, 1.807) is 6.07 Å². The Balaban J connectivity index is 1.52. The highest BCUT2D eigenvalue weighted by molar-refractivity contribution is 6.04. The smallest absolute Gasteiger partial charge is 0.268 e. The molecule has 172 valence electrons. The van der Waals surface area contributed by atoms with Crippen LogP contribution in [0.15, 0.2) is 53.5 Å². The van der Waals surface area contributed by atoms with Gasteiger partial charge in [-0.15, -0.1) is 0 Å². The summed E-state index contributed by atoms with van der Waals surface area (Å²) in [5.41, 5.74) is 7.37. The first-order valence-corrected chi connectivity index (χ1v) is 11.1. The average molecular weight is 461 g/mol. The van der Waals surface area contributed by atoms with Crippen LogP contribution in [0.2, 0.25) is 0 Å². The number of carbonyl (C=O) groups is 1. The zero-order valence-corrected chi connectivity index (χ0v) is 18.1. The summed E-state index contributed by atoms with van der Waals surface area (Å²) in [6.07, 6.45) is 1.21. The quantitative estimate of drug-likeness (QED) is 0.484. The Morgan fingerprint density at radius 2 is 1.85 bits per heavy atom. The van der Waals surface area contributed by atoms with Gasteiger partial charge in [0.15, 0.2) is 5.43 Å². The van der Waals surface area contributed by atoms with E-state index < -0.39 is 11.8 Å². The van der Waals surface area contributed by atoms with Crippen LogP contribution in [-0.4, -0.2) is 39.9 Å². The monoisotopic (exact) mass is 461 g/mol. The number of para-hydroxylation sites is 1. The molecule has 3 aromatic heterocycles.